The molecule has 0 spiro atoms. The monoisotopic (exact) mass is 288 g/mol. The van der Waals surface area contributed by atoms with Gasteiger partial charge in [-0.25, -0.2) is 4.79 Å². The summed E-state index contributed by atoms with van der Waals surface area (Å²) < 4.78 is 5.41. The van der Waals surface area contributed by atoms with E-state index in [1.165, 1.54) is 0 Å². The molecule has 6 nitrogen and oxygen atoms in total. The highest BCUT2D eigenvalue weighted by Gasteiger charge is 2.20. The zero-order valence-corrected chi connectivity index (χ0v) is 13.0. The quantitative estimate of drug-likeness (QED) is 0.603. The summed E-state index contributed by atoms with van der Waals surface area (Å²) in [4.78, 5) is 24.1. The molecule has 1 atom stereocenters. The van der Waals surface area contributed by atoms with Crippen molar-refractivity contribution in [3.05, 3.63) is 0 Å². The first-order valence-electron chi connectivity index (χ1n) is 7.26. The fraction of sp³-hybridized carbons (Fsp3) is 0.857. The molecule has 0 aromatic heterocycles. The van der Waals surface area contributed by atoms with E-state index in [0.717, 1.165) is 12.8 Å². The average molecular weight is 288 g/mol. The molecule has 0 aliphatic carbocycles. The third-order valence-electron chi connectivity index (χ3n) is 2.90. The third-order valence-corrected chi connectivity index (χ3v) is 2.90. The van der Waals surface area contributed by atoms with Crippen molar-refractivity contribution in [3.8, 4) is 0 Å². The van der Waals surface area contributed by atoms with Crippen LogP contribution in [0.15, 0.2) is 0 Å². The van der Waals surface area contributed by atoms with E-state index >= 15 is 0 Å². The van der Waals surface area contributed by atoms with Gasteiger partial charge in [-0.15, -0.1) is 0 Å². The van der Waals surface area contributed by atoms with Crippen molar-refractivity contribution in [3.63, 3.8) is 0 Å². The molecule has 0 heterocycles. The number of urea groups is 1. The van der Waals surface area contributed by atoms with Crippen molar-refractivity contribution < 1.29 is 19.4 Å². The lowest BCUT2D eigenvalue weighted by Crippen LogP contribution is -2.45. The number of nitrogens with one attached hydrogen (secondary N) is 1. The van der Waals surface area contributed by atoms with E-state index in [-0.39, 0.29) is 24.6 Å². The fourth-order valence-electron chi connectivity index (χ4n) is 1.86. The lowest BCUT2D eigenvalue weighted by Gasteiger charge is -2.27. The molecule has 1 unspecified atom stereocenters. The third kappa shape index (κ3) is 8.74. The van der Waals surface area contributed by atoms with Gasteiger partial charge < -0.3 is 20.1 Å². The number of ether oxygens (including phenoxy) is 1. The number of carboxylic acid groups (broad SMARTS) is 1. The molecular weight excluding hydrogens is 260 g/mol. The maximum absolute atomic E-state index is 11.9. The molecule has 0 aliphatic heterocycles. The molecule has 0 aromatic rings. The Kier molecular flexibility index (Phi) is 9.80. The molecule has 0 bridgehead atoms. The van der Waals surface area contributed by atoms with E-state index in [0.29, 0.717) is 19.7 Å². The Hall–Kier alpha value is -1.30. The topological polar surface area (TPSA) is 78.9 Å². The molecule has 0 rings (SSSR count). The van der Waals surface area contributed by atoms with E-state index < -0.39 is 5.97 Å². The van der Waals surface area contributed by atoms with Gasteiger partial charge in [-0.2, -0.15) is 0 Å². The van der Waals surface area contributed by atoms with Crippen LogP contribution in [-0.2, 0) is 9.53 Å². The number of nitrogens with zero attached hydrogens (tertiary/aromatic N) is 1. The Labute approximate surface area is 121 Å². The Morgan fingerprint density at radius 1 is 1.25 bits per heavy atom. The first kappa shape index (κ1) is 18.7. The van der Waals surface area contributed by atoms with Crippen LogP contribution in [0.5, 0.6) is 0 Å². The van der Waals surface area contributed by atoms with Gasteiger partial charge in [0.05, 0.1) is 12.5 Å². The minimum absolute atomic E-state index is 0.0382. The minimum atomic E-state index is -0.894. The molecule has 0 aliphatic rings. The number of carboxylic acids is 1. The summed E-state index contributed by atoms with van der Waals surface area (Å²) in [6, 6.07) is -0.507. The first-order chi connectivity index (χ1) is 9.38. The Morgan fingerprint density at radius 2 is 1.90 bits per heavy atom. The number of hydrogen-bond donors (Lipinski definition) is 2. The van der Waals surface area contributed by atoms with Gasteiger partial charge in [0.1, 0.15) is 0 Å². The largest absolute Gasteiger partial charge is 0.481 e. The predicted molar refractivity (Wildman–Crippen MR) is 77.8 cm³/mol. The Balaban J connectivity index is 3.89. The normalized spacial score (nSPS) is 12.2. The predicted octanol–water partition coefficient (Wildman–Crippen LogP) is 2.09. The van der Waals surface area contributed by atoms with Gasteiger partial charge in [-0.05, 0) is 40.5 Å². The molecular formula is C14H28N2O4. The van der Waals surface area contributed by atoms with Crippen LogP contribution in [0, 0.1) is 0 Å². The van der Waals surface area contributed by atoms with Crippen LogP contribution in [0.25, 0.3) is 0 Å². The van der Waals surface area contributed by atoms with Crippen LogP contribution in [-0.4, -0.2) is 53.8 Å². The van der Waals surface area contributed by atoms with Crippen LogP contribution in [0.3, 0.4) is 0 Å². The lowest BCUT2D eigenvalue weighted by molar-refractivity contribution is -0.138. The van der Waals surface area contributed by atoms with Crippen LogP contribution in [0.1, 0.15) is 47.0 Å². The van der Waals surface area contributed by atoms with E-state index in [9.17, 15) is 9.59 Å². The molecule has 0 saturated carbocycles. The van der Waals surface area contributed by atoms with Crippen LogP contribution in [0.2, 0.25) is 0 Å². The molecule has 0 aromatic carbocycles. The highest BCUT2D eigenvalue weighted by molar-refractivity contribution is 5.75. The van der Waals surface area contributed by atoms with Gasteiger partial charge >= 0.3 is 12.0 Å². The number of hydrogen-bond acceptors (Lipinski definition) is 3. The van der Waals surface area contributed by atoms with Crippen LogP contribution < -0.4 is 5.32 Å². The number of unbranched alkanes of at least 4 members (excludes halogenated alkanes) is 1. The zero-order valence-electron chi connectivity index (χ0n) is 13.0. The summed E-state index contributed by atoms with van der Waals surface area (Å²) in [5.74, 6) is -0.894. The first-order valence-corrected chi connectivity index (χ1v) is 7.26. The number of amides is 2. The second kappa shape index (κ2) is 10.5. The van der Waals surface area contributed by atoms with E-state index in [1.54, 1.807) is 11.8 Å². The van der Waals surface area contributed by atoms with Crippen molar-refractivity contribution in [1.82, 2.24) is 10.2 Å². The maximum Gasteiger partial charge on any atom is 0.317 e. The molecule has 6 heteroatoms. The van der Waals surface area contributed by atoms with Crippen molar-refractivity contribution in [2.45, 2.75) is 59.1 Å². The van der Waals surface area contributed by atoms with Gasteiger partial charge in [0.25, 0.3) is 0 Å². The van der Waals surface area contributed by atoms with Gasteiger partial charge in [0.2, 0.25) is 0 Å². The van der Waals surface area contributed by atoms with Crippen molar-refractivity contribution in [1.29, 1.82) is 0 Å². The van der Waals surface area contributed by atoms with E-state index in [1.807, 2.05) is 20.8 Å². The molecule has 0 saturated heterocycles. The number of aliphatic carboxylic acids is 1. The zero-order chi connectivity index (χ0) is 15.5. The van der Waals surface area contributed by atoms with Gasteiger partial charge in [-0.1, -0.05) is 0 Å². The molecule has 0 fully saturated rings. The van der Waals surface area contributed by atoms with Gasteiger partial charge in [0, 0.05) is 25.7 Å². The summed E-state index contributed by atoms with van der Waals surface area (Å²) >= 11 is 0. The second-order valence-corrected chi connectivity index (χ2v) is 5.09. The number of carbonyl (C=O) groups is 2. The smallest absolute Gasteiger partial charge is 0.317 e. The molecule has 118 valence electrons. The van der Waals surface area contributed by atoms with Gasteiger partial charge in [-0.3, -0.25) is 4.79 Å². The lowest BCUT2D eigenvalue weighted by atomic mass is 10.2. The Morgan fingerprint density at radius 3 is 2.40 bits per heavy atom. The SMILES string of the molecule is CCN(C(=O)NCCCCOC(C)C)C(C)CC(=O)O. The standard InChI is InChI=1S/C14H28N2O4/c1-5-16(12(4)10-13(17)18)14(19)15-8-6-7-9-20-11(2)3/h11-12H,5-10H2,1-4H3,(H,15,19)(H,17,18). The van der Waals surface area contributed by atoms with E-state index in [2.05, 4.69) is 5.32 Å². The Bertz CT molecular complexity index is 295. The molecule has 20 heavy (non-hydrogen) atoms. The summed E-state index contributed by atoms with van der Waals surface area (Å²) in [5.41, 5.74) is 0. The van der Waals surface area contributed by atoms with E-state index in [4.69, 9.17) is 9.84 Å². The summed E-state index contributed by atoms with van der Waals surface area (Å²) in [7, 11) is 0. The molecule has 0 radical (unpaired) electrons. The van der Waals surface area contributed by atoms with Crippen LogP contribution >= 0.6 is 0 Å². The number of carbonyl (C=O) groups excluding carboxylic acids is 1. The molecule has 2 amide bonds. The highest BCUT2D eigenvalue weighted by Crippen LogP contribution is 2.04. The van der Waals surface area contributed by atoms with Crippen molar-refractivity contribution in [2.75, 3.05) is 19.7 Å². The summed E-state index contributed by atoms with van der Waals surface area (Å²) in [6.45, 7) is 9.34. The van der Waals surface area contributed by atoms with Gasteiger partial charge in [0.15, 0.2) is 0 Å². The van der Waals surface area contributed by atoms with Crippen molar-refractivity contribution >= 4 is 12.0 Å². The summed E-state index contributed by atoms with van der Waals surface area (Å²) in [6.07, 6.45) is 1.94. The molecule has 2 N–H and O–H groups in total. The average Bonchev–Trinajstić information content (AvgIpc) is 2.33. The highest BCUT2D eigenvalue weighted by atomic mass is 16.5. The fourth-order valence-corrected chi connectivity index (χ4v) is 1.86. The second-order valence-electron chi connectivity index (χ2n) is 5.09. The minimum Gasteiger partial charge on any atom is -0.481 e. The summed E-state index contributed by atoms with van der Waals surface area (Å²) in [5, 5.41) is 11.6. The van der Waals surface area contributed by atoms with Crippen molar-refractivity contribution in [2.24, 2.45) is 0 Å². The maximum atomic E-state index is 11.9. The number of rotatable bonds is 10. The van der Waals surface area contributed by atoms with Crippen LogP contribution in [0.4, 0.5) is 4.79 Å².